The van der Waals surface area contributed by atoms with E-state index in [0.29, 0.717) is 6.61 Å². The highest BCUT2D eigenvalue weighted by atomic mass is 16.7. The molecule has 11 heteroatoms. The minimum absolute atomic E-state index is 0.00176. The Kier molecular flexibility index (Phi) is 11.6. The number of amides is 2. The van der Waals surface area contributed by atoms with E-state index in [-0.39, 0.29) is 44.3 Å². The van der Waals surface area contributed by atoms with Crippen molar-refractivity contribution in [2.24, 2.45) is 5.92 Å². The molecular formula is C23H29N3O8. The molecule has 184 valence electrons. The van der Waals surface area contributed by atoms with Gasteiger partial charge in [-0.1, -0.05) is 30.3 Å². The molecule has 0 unspecified atom stereocenters. The fraction of sp³-hybridized carbons (Fsp3) is 0.391. The highest BCUT2D eigenvalue weighted by molar-refractivity contribution is 5.94. The molecule has 0 aliphatic heterocycles. The van der Waals surface area contributed by atoms with Crippen LogP contribution in [0.3, 0.4) is 0 Å². The van der Waals surface area contributed by atoms with Gasteiger partial charge in [0.2, 0.25) is 5.91 Å². The molecule has 0 aliphatic rings. The van der Waals surface area contributed by atoms with Gasteiger partial charge >= 0.3 is 0 Å². The smallest absolute Gasteiger partial charge is 0.269 e. The number of carbonyl (C=O) groups is 2. The summed E-state index contributed by atoms with van der Waals surface area (Å²) in [6.45, 7) is 2.56. The van der Waals surface area contributed by atoms with Gasteiger partial charge in [-0.3, -0.25) is 24.9 Å². The highest BCUT2D eigenvalue weighted by Gasteiger charge is 2.25. The Hall–Kier alpha value is -3.38. The van der Waals surface area contributed by atoms with Crippen LogP contribution in [0.15, 0.2) is 54.6 Å². The largest absolute Gasteiger partial charge is 0.376 e. The summed E-state index contributed by atoms with van der Waals surface area (Å²) in [5.74, 6) is -1.94. The maximum absolute atomic E-state index is 12.7. The Morgan fingerprint density at radius 1 is 1.03 bits per heavy atom. The van der Waals surface area contributed by atoms with Crippen LogP contribution in [0.4, 0.5) is 5.69 Å². The molecule has 0 aromatic heterocycles. The molecule has 3 N–H and O–H groups in total. The Labute approximate surface area is 197 Å². The molecule has 34 heavy (non-hydrogen) atoms. The lowest BCUT2D eigenvalue weighted by Crippen LogP contribution is -2.43. The minimum atomic E-state index is -0.786. The quantitative estimate of drug-likeness (QED) is 0.117. The summed E-state index contributed by atoms with van der Waals surface area (Å²) < 4.78 is 16.3. The van der Waals surface area contributed by atoms with Crippen LogP contribution >= 0.6 is 0 Å². The van der Waals surface area contributed by atoms with Crippen molar-refractivity contribution in [2.45, 2.75) is 26.0 Å². The van der Waals surface area contributed by atoms with Gasteiger partial charge in [-0.15, -0.1) is 0 Å². The van der Waals surface area contributed by atoms with Crippen LogP contribution < -0.4 is 10.8 Å². The Balaban J connectivity index is 2.04. The molecule has 11 nitrogen and oxygen atoms in total. The van der Waals surface area contributed by atoms with Gasteiger partial charge in [0.1, 0.15) is 6.79 Å². The van der Waals surface area contributed by atoms with Gasteiger partial charge in [0.05, 0.1) is 36.7 Å². The van der Waals surface area contributed by atoms with E-state index in [0.717, 1.165) is 5.56 Å². The van der Waals surface area contributed by atoms with E-state index in [4.69, 9.17) is 19.4 Å². The van der Waals surface area contributed by atoms with E-state index in [1.807, 2.05) is 37.3 Å². The fourth-order valence-corrected chi connectivity index (χ4v) is 3.08. The van der Waals surface area contributed by atoms with Crippen molar-refractivity contribution >= 4 is 17.5 Å². The lowest BCUT2D eigenvalue weighted by Gasteiger charge is -2.23. The van der Waals surface area contributed by atoms with Crippen molar-refractivity contribution in [1.82, 2.24) is 10.8 Å². The normalized spacial score (nSPS) is 12.5. The van der Waals surface area contributed by atoms with Gasteiger partial charge in [-0.25, -0.2) is 5.48 Å². The van der Waals surface area contributed by atoms with Gasteiger partial charge in [-0.05, 0) is 31.0 Å². The van der Waals surface area contributed by atoms with Crippen LogP contribution in [-0.4, -0.2) is 54.6 Å². The molecule has 2 aromatic carbocycles. The van der Waals surface area contributed by atoms with Crippen LogP contribution in [0.1, 0.15) is 29.3 Å². The SMILES string of the molecule is CCOCOC[C@H](C[C@H](COCc1ccccc1)C(=O)NO)NC(=O)c1ccc([N+](=O)[O-])cc1. The molecule has 0 saturated heterocycles. The summed E-state index contributed by atoms with van der Waals surface area (Å²) in [5, 5.41) is 22.8. The first-order valence-electron chi connectivity index (χ1n) is 10.7. The third-order valence-corrected chi connectivity index (χ3v) is 4.85. The Morgan fingerprint density at radius 2 is 1.74 bits per heavy atom. The number of nitrogens with zero attached hydrogens (tertiary/aromatic N) is 1. The number of nitrogens with one attached hydrogen (secondary N) is 2. The number of hydrogen-bond acceptors (Lipinski definition) is 8. The number of hydroxylamine groups is 1. The zero-order valence-corrected chi connectivity index (χ0v) is 18.8. The monoisotopic (exact) mass is 475 g/mol. The number of ether oxygens (including phenoxy) is 3. The van der Waals surface area contributed by atoms with Crippen molar-refractivity contribution in [3.05, 3.63) is 75.8 Å². The summed E-state index contributed by atoms with van der Waals surface area (Å²) in [6.07, 6.45) is 0.103. The first kappa shape index (κ1) is 26.9. The molecule has 0 fully saturated rings. The first-order valence-corrected chi connectivity index (χ1v) is 10.7. The second kappa shape index (κ2) is 14.7. The van der Waals surface area contributed by atoms with E-state index < -0.39 is 28.7 Å². The zero-order valence-electron chi connectivity index (χ0n) is 18.8. The second-order valence-electron chi connectivity index (χ2n) is 7.37. The average molecular weight is 475 g/mol. The Morgan fingerprint density at radius 3 is 2.35 bits per heavy atom. The Bertz CT molecular complexity index is 908. The number of nitro benzene ring substituents is 1. The standard InChI is InChI=1S/C23H29N3O8/c1-2-32-16-34-15-20(24-22(27)18-8-10-21(11-9-18)26(30)31)12-19(23(28)25-29)14-33-13-17-6-4-3-5-7-17/h3-11,19-20,29H,2,12-16H2,1H3,(H,24,27)(H,25,28)/t19-,20+/m1/s1. The van der Waals surface area contributed by atoms with Gasteiger partial charge in [0, 0.05) is 24.3 Å². The van der Waals surface area contributed by atoms with Crippen LogP contribution in [-0.2, 0) is 25.6 Å². The summed E-state index contributed by atoms with van der Waals surface area (Å²) in [7, 11) is 0. The predicted molar refractivity (Wildman–Crippen MR) is 121 cm³/mol. The molecule has 2 amide bonds. The topological polar surface area (TPSA) is 149 Å². The first-order chi connectivity index (χ1) is 16.4. The minimum Gasteiger partial charge on any atom is -0.376 e. The number of non-ortho nitro benzene ring substituents is 1. The van der Waals surface area contributed by atoms with E-state index in [1.165, 1.54) is 24.3 Å². The van der Waals surface area contributed by atoms with Crippen LogP contribution in [0, 0.1) is 16.0 Å². The lowest BCUT2D eigenvalue weighted by molar-refractivity contribution is -0.384. The van der Waals surface area contributed by atoms with E-state index in [9.17, 15) is 19.7 Å². The molecule has 0 bridgehead atoms. The molecule has 0 radical (unpaired) electrons. The summed E-state index contributed by atoms with van der Waals surface area (Å²) in [4.78, 5) is 35.2. The molecule has 2 atom stereocenters. The summed E-state index contributed by atoms with van der Waals surface area (Å²) in [6, 6.07) is 13.9. The second-order valence-corrected chi connectivity index (χ2v) is 7.37. The van der Waals surface area contributed by atoms with Crippen molar-refractivity contribution in [3.63, 3.8) is 0 Å². The van der Waals surface area contributed by atoms with E-state index in [1.54, 1.807) is 5.48 Å². The maximum Gasteiger partial charge on any atom is 0.269 e. The third-order valence-electron chi connectivity index (χ3n) is 4.85. The van der Waals surface area contributed by atoms with Gasteiger partial charge in [0.15, 0.2) is 0 Å². The van der Waals surface area contributed by atoms with Crippen molar-refractivity contribution in [3.8, 4) is 0 Å². The molecule has 0 spiro atoms. The predicted octanol–water partition coefficient (Wildman–Crippen LogP) is 2.43. The van der Waals surface area contributed by atoms with Crippen molar-refractivity contribution in [1.29, 1.82) is 0 Å². The lowest BCUT2D eigenvalue weighted by atomic mass is 9.99. The van der Waals surface area contributed by atoms with Gasteiger partial charge in [0.25, 0.3) is 11.6 Å². The number of benzene rings is 2. The molecular weight excluding hydrogens is 446 g/mol. The van der Waals surface area contributed by atoms with Crippen molar-refractivity contribution in [2.75, 3.05) is 26.6 Å². The zero-order chi connectivity index (χ0) is 24.8. The molecule has 2 rings (SSSR count). The number of nitro groups is 1. The van der Waals surface area contributed by atoms with E-state index in [2.05, 4.69) is 5.32 Å². The van der Waals surface area contributed by atoms with Gasteiger partial charge < -0.3 is 19.5 Å². The van der Waals surface area contributed by atoms with Crippen LogP contribution in [0.2, 0.25) is 0 Å². The van der Waals surface area contributed by atoms with Crippen LogP contribution in [0.25, 0.3) is 0 Å². The van der Waals surface area contributed by atoms with E-state index >= 15 is 0 Å². The highest BCUT2D eigenvalue weighted by Crippen LogP contribution is 2.14. The molecule has 0 heterocycles. The van der Waals surface area contributed by atoms with Crippen molar-refractivity contribution < 1.29 is 33.9 Å². The van der Waals surface area contributed by atoms with Gasteiger partial charge in [-0.2, -0.15) is 0 Å². The number of carbonyl (C=O) groups excluding carboxylic acids is 2. The van der Waals surface area contributed by atoms with Crippen LogP contribution in [0.5, 0.6) is 0 Å². The molecule has 0 aliphatic carbocycles. The number of hydrogen-bond donors (Lipinski definition) is 3. The fourth-order valence-electron chi connectivity index (χ4n) is 3.08. The molecule has 2 aromatic rings. The summed E-state index contributed by atoms with van der Waals surface area (Å²) in [5.41, 5.74) is 2.64. The summed E-state index contributed by atoms with van der Waals surface area (Å²) >= 11 is 0. The molecule has 0 saturated carbocycles. The maximum atomic E-state index is 12.7. The average Bonchev–Trinajstić information content (AvgIpc) is 2.86. The third kappa shape index (κ3) is 9.24. The number of rotatable bonds is 15.